The summed E-state index contributed by atoms with van der Waals surface area (Å²) in [5, 5.41) is 0. The first kappa shape index (κ1) is 17.0. The molecule has 0 aliphatic carbocycles. The number of hydrogen-bond donors (Lipinski definition) is 0. The second-order valence-electron chi connectivity index (χ2n) is 7.59. The molecule has 2 aromatic rings. The Bertz CT molecular complexity index is 1070. The van der Waals surface area contributed by atoms with Crippen LogP contribution in [0.5, 0.6) is 0 Å². The van der Waals surface area contributed by atoms with Crippen LogP contribution in [0.3, 0.4) is 0 Å². The number of hydrogen-bond acceptors (Lipinski definition) is 0. The number of aryl methyl sites for hydroxylation is 3. The quantitative estimate of drug-likeness (QED) is 0.627. The SMILES string of the molecule is CC1=CC(C)=[N+]2C1=C(c1cccc(C)c1C)c1c(C)cc(C)n1[B-]2(F)F. The number of allylic oxidation sites excluding steroid dienone is 2. The molecule has 4 rings (SSSR count). The van der Waals surface area contributed by atoms with Crippen LogP contribution in [0, 0.1) is 27.7 Å². The van der Waals surface area contributed by atoms with Crippen LogP contribution in [0.25, 0.3) is 5.57 Å². The zero-order valence-electron chi connectivity index (χ0n) is 16.1. The molecule has 0 saturated heterocycles. The minimum absolute atomic E-state index is 0.599. The Morgan fingerprint density at radius 3 is 2.35 bits per heavy atom. The summed E-state index contributed by atoms with van der Waals surface area (Å²) in [6.45, 7) is 7.61. The normalized spacial score (nSPS) is 18.2. The number of halogens is 2. The fourth-order valence-corrected chi connectivity index (χ4v) is 4.58. The molecule has 0 saturated carbocycles. The van der Waals surface area contributed by atoms with E-state index in [9.17, 15) is 0 Å². The molecule has 0 bridgehead atoms. The van der Waals surface area contributed by atoms with Crippen molar-refractivity contribution < 1.29 is 13.1 Å². The molecule has 0 amide bonds. The highest BCUT2D eigenvalue weighted by atomic mass is 19.2. The van der Waals surface area contributed by atoms with Crippen molar-refractivity contribution in [2.24, 2.45) is 0 Å². The molecule has 2 aliphatic heterocycles. The zero-order chi connectivity index (χ0) is 19.0. The van der Waals surface area contributed by atoms with Crippen LogP contribution in [0.2, 0.25) is 0 Å². The molecule has 5 heteroatoms. The molecular weight excluding hydrogens is 329 g/mol. The van der Waals surface area contributed by atoms with Crippen molar-refractivity contribution in [3.05, 3.63) is 75.3 Å². The molecule has 0 radical (unpaired) electrons. The van der Waals surface area contributed by atoms with Crippen molar-refractivity contribution in [3.8, 4) is 0 Å². The first-order chi connectivity index (χ1) is 12.2. The largest absolute Gasteiger partial charge is 0.737 e. The maximum absolute atomic E-state index is 15.6. The second-order valence-corrected chi connectivity index (χ2v) is 7.59. The Balaban J connectivity index is 2.22. The van der Waals surface area contributed by atoms with Gasteiger partial charge in [-0.3, -0.25) is 0 Å². The summed E-state index contributed by atoms with van der Waals surface area (Å²) in [4.78, 5) is 0. The lowest BCUT2D eigenvalue weighted by molar-refractivity contribution is -0.363. The molecular formula is C21H23BF2N2. The van der Waals surface area contributed by atoms with Crippen molar-refractivity contribution in [1.29, 1.82) is 0 Å². The molecule has 0 fully saturated rings. The standard InChI is InChI=1S/C21H23BF2N2/c1-12-8-7-9-18(17(12)6)19-20-13(2)10-15(4)25(20)22(23,24)26-16(5)11-14(3)21(19)26/h7-11H,1-6H3. The van der Waals surface area contributed by atoms with Gasteiger partial charge in [0, 0.05) is 24.3 Å². The van der Waals surface area contributed by atoms with Crippen LogP contribution >= 0.6 is 0 Å². The summed E-state index contributed by atoms with van der Waals surface area (Å²) in [6, 6.07) is 7.99. The maximum Gasteiger partial charge on any atom is 0.737 e. The Morgan fingerprint density at radius 2 is 1.65 bits per heavy atom. The highest BCUT2D eigenvalue weighted by Crippen LogP contribution is 2.44. The van der Waals surface area contributed by atoms with Gasteiger partial charge in [-0.1, -0.05) is 18.2 Å². The van der Waals surface area contributed by atoms with Crippen molar-refractivity contribution in [2.45, 2.75) is 41.5 Å². The number of nitrogens with zero attached hydrogens (tertiary/aromatic N) is 2. The summed E-state index contributed by atoms with van der Waals surface area (Å²) >= 11 is 0. The van der Waals surface area contributed by atoms with Gasteiger partial charge in [0.1, 0.15) is 5.71 Å². The Kier molecular flexibility index (Phi) is 3.46. The number of aromatic nitrogens is 1. The topological polar surface area (TPSA) is 7.94 Å². The van der Waals surface area contributed by atoms with E-state index in [2.05, 4.69) is 19.9 Å². The van der Waals surface area contributed by atoms with Crippen LogP contribution in [-0.4, -0.2) is 21.6 Å². The average molecular weight is 352 g/mol. The summed E-state index contributed by atoms with van der Waals surface area (Å²) in [5.74, 6) is 0. The molecule has 0 atom stereocenters. The van der Waals surface area contributed by atoms with Gasteiger partial charge in [0.2, 0.25) is 0 Å². The van der Waals surface area contributed by atoms with Gasteiger partial charge < -0.3 is 17.6 Å². The van der Waals surface area contributed by atoms with Crippen molar-refractivity contribution >= 4 is 18.3 Å². The van der Waals surface area contributed by atoms with E-state index in [0.717, 1.165) is 33.4 Å². The molecule has 0 N–H and O–H groups in total. The van der Waals surface area contributed by atoms with E-state index in [0.29, 0.717) is 22.8 Å². The highest BCUT2D eigenvalue weighted by molar-refractivity contribution is 6.58. The fourth-order valence-electron chi connectivity index (χ4n) is 4.58. The molecule has 3 heterocycles. The average Bonchev–Trinajstić information content (AvgIpc) is 3.01. The van der Waals surface area contributed by atoms with E-state index in [1.807, 2.05) is 38.1 Å². The van der Waals surface area contributed by atoms with Crippen molar-refractivity contribution in [3.63, 3.8) is 0 Å². The van der Waals surface area contributed by atoms with Gasteiger partial charge in [0.15, 0.2) is 5.70 Å². The molecule has 2 aliphatic rings. The van der Waals surface area contributed by atoms with Crippen LogP contribution in [0.15, 0.2) is 41.6 Å². The van der Waals surface area contributed by atoms with Gasteiger partial charge in [-0.25, -0.2) is 0 Å². The Hall–Kier alpha value is -2.43. The molecule has 1 aromatic carbocycles. The summed E-state index contributed by atoms with van der Waals surface area (Å²) in [6.07, 6.45) is 1.87. The van der Waals surface area contributed by atoms with Gasteiger partial charge in [-0.05, 0) is 68.6 Å². The predicted molar refractivity (Wildman–Crippen MR) is 104 cm³/mol. The minimum atomic E-state index is -3.91. The fraction of sp³-hybridized carbons (Fsp3) is 0.286. The predicted octanol–water partition coefficient (Wildman–Crippen LogP) is 5.15. The molecule has 134 valence electrons. The third-order valence-electron chi connectivity index (χ3n) is 5.81. The summed E-state index contributed by atoms with van der Waals surface area (Å²) in [5.41, 5.74) is 8.52. The van der Waals surface area contributed by atoms with Crippen molar-refractivity contribution in [2.75, 3.05) is 0 Å². The van der Waals surface area contributed by atoms with E-state index in [4.69, 9.17) is 0 Å². The van der Waals surface area contributed by atoms with Gasteiger partial charge in [-0.15, -0.1) is 0 Å². The lowest BCUT2D eigenvalue weighted by Crippen LogP contribution is -2.51. The van der Waals surface area contributed by atoms with Crippen molar-refractivity contribution in [1.82, 2.24) is 4.48 Å². The number of rotatable bonds is 1. The van der Waals surface area contributed by atoms with E-state index >= 15 is 8.63 Å². The Labute approximate surface area is 153 Å². The highest BCUT2D eigenvalue weighted by Gasteiger charge is 2.55. The van der Waals surface area contributed by atoms with E-state index in [1.54, 1.807) is 13.8 Å². The molecule has 2 nitrogen and oxygen atoms in total. The van der Waals surface area contributed by atoms with E-state index in [1.165, 1.54) is 8.96 Å². The minimum Gasteiger partial charge on any atom is -0.393 e. The number of fused-ring (bicyclic) bond motifs is 2. The molecule has 0 unspecified atom stereocenters. The second kappa shape index (κ2) is 5.29. The number of benzene rings is 1. The first-order valence-corrected chi connectivity index (χ1v) is 9.00. The van der Waals surface area contributed by atoms with Gasteiger partial charge in [0.05, 0.1) is 5.57 Å². The summed E-state index contributed by atoms with van der Waals surface area (Å²) in [7, 11) is 0. The third kappa shape index (κ3) is 2.00. The van der Waals surface area contributed by atoms with Gasteiger partial charge in [-0.2, -0.15) is 0 Å². The van der Waals surface area contributed by atoms with Gasteiger partial charge >= 0.3 is 6.97 Å². The van der Waals surface area contributed by atoms with E-state index in [-0.39, 0.29) is 0 Å². The van der Waals surface area contributed by atoms with Crippen LogP contribution in [0.1, 0.15) is 47.5 Å². The lowest BCUT2D eigenvalue weighted by Gasteiger charge is -2.34. The summed E-state index contributed by atoms with van der Waals surface area (Å²) < 4.78 is 33.7. The van der Waals surface area contributed by atoms with E-state index < -0.39 is 6.97 Å². The molecule has 1 aromatic heterocycles. The Morgan fingerprint density at radius 1 is 0.962 bits per heavy atom. The third-order valence-corrected chi connectivity index (χ3v) is 5.81. The van der Waals surface area contributed by atoms with Crippen LogP contribution in [0.4, 0.5) is 8.63 Å². The molecule has 0 spiro atoms. The first-order valence-electron chi connectivity index (χ1n) is 9.00. The van der Waals surface area contributed by atoms with Crippen LogP contribution < -0.4 is 0 Å². The lowest BCUT2D eigenvalue weighted by atomic mass is 9.82. The monoisotopic (exact) mass is 352 g/mol. The van der Waals surface area contributed by atoms with Crippen LogP contribution in [-0.2, 0) is 0 Å². The maximum atomic E-state index is 15.6. The smallest absolute Gasteiger partial charge is 0.393 e. The molecule has 26 heavy (non-hydrogen) atoms. The zero-order valence-corrected chi connectivity index (χ0v) is 16.1. The van der Waals surface area contributed by atoms with Gasteiger partial charge in [0.25, 0.3) is 0 Å².